The van der Waals surface area contributed by atoms with Crippen LogP contribution in [0.25, 0.3) is 11.2 Å². The van der Waals surface area contributed by atoms with Crippen molar-refractivity contribution in [2.45, 2.75) is 75.8 Å². The van der Waals surface area contributed by atoms with Gasteiger partial charge in [-0.15, -0.1) is 0 Å². The van der Waals surface area contributed by atoms with E-state index in [0.717, 1.165) is 24.4 Å². The van der Waals surface area contributed by atoms with E-state index in [9.17, 15) is 5.11 Å². The zero-order valence-corrected chi connectivity index (χ0v) is 20.3. The summed E-state index contributed by atoms with van der Waals surface area (Å²) in [5.74, 6) is 0.827. The Bertz CT molecular complexity index is 1300. The minimum absolute atomic E-state index is 0.139. The summed E-state index contributed by atoms with van der Waals surface area (Å²) in [5, 5.41) is 9.89. The second-order valence-corrected chi connectivity index (χ2v) is 10.9. The van der Waals surface area contributed by atoms with Crippen LogP contribution in [0.3, 0.4) is 0 Å². The molecule has 0 bridgehead atoms. The molecule has 0 saturated carbocycles. The second kappa shape index (κ2) is 7.46. The molecule has 1 aromatic carbocycles. The summed E-state index contributed by atoms with van der Waals surface area (Å²) >= 11 is 0. The van der Waals surface area contributed by atoms with Crippen LogP contribution in [0.5, 0.6) is 0 Å². The van der Waals surface area contributed by atoms with E-state index in [1.54, 1.807) is 6.33 Å². The first-order valence-corrected chi connectivity index (χ1v) is 12.5. The highest BCUT2D eigenvalue weighted by molar-refractivity contribution is 5.84. The summed E-state index contributed by atoms with van der Waals surface area (Å²) in [6.45, 7) is 7.42. The fraction of sp³-hybridized carbons (Fsp3) is 0.577. The van der Waals surface area contributed by atoms with Crippen LogP contribution in [-0.2, 0) is 26.0 Å². The molecule has 3 aromatic rings. The molecule has 7 rings (SSSR count). The first kappa shape index (κ1) is 21.7. The van der Waals surface area contributed by atoms with Crippen molar-refractivity contribution in [3.63, 3.8) is 0 Å². The average Bonchev–Trinajstić information content (AvgIpc) is 3.46. The molecule has 5 heterocycles. The molecule has 4 aliphatic rings. The van der Waals surface area contributed by atoms with Gasteiger partial charge in [0.2, 0.25) is 0 Å². The summed E-state index contributed by atoms with van der Waals surface area (Å²) in [6.07, 6.45) is 3.70. The Morgan fingerprint density at radius 2 is 1.91 bits per heavy atom. The summed E-state index contributed by atoms with van der Waals surface area (Å²) in [7, 11) is 0. The van der Waals surface area contributed by atoms with Gasteiger partial charge in [0, 0.05) is 18.5 Å². The molecule has 0 amide bonds. The summed E-state index contributed by atoms with van der Waals surface area (Å²) < 4.78 is 20.3. The Kier molecular flexibility index (Phi) is 4.62. The van der Waals surface area contributed by atoms with Crippen LogP contribution in [0.1, 0.15) is 49.9 Å². The highest BCUT2D eigenvalue weighted by atomic mass is 16.8. The fourth-order valence-electron chi connectivity index (χ4n) is 6.61. The first-order valence-electron chi connectivity index (χ1n) is 12.5. The molecule has 3 aliphatic heterocycles. The Balaban J connectivity index is 1.23. The highest BCUT2D eigenvalue weighted by Crippen LogP contribution is 2.47. The van der Waals surface area contributed by atoms with E-state index in [1.807, 2.05) is 25.3 Å². The number of benzene rings is 1. The number of aliphatic hydroxyl groups is 1. The smallest absolute Gasteiger partial charge is 0.167 e. The van der Waals surface area contributed by atoms with Crippen molar-refractivity contribution in [2.24, 2.45) is 0 Å². The van der Waals surface area contributed by atoms with Crippen LogP contribution in [-0.4, -0.2) is 68.4 Å². The normalized spacial score (nSPS) is 30.5. The monoisotopic (exact) mass is 477 g/mol. The van der Waals surface area contributed by atoms with Gasteiger partial charge < -0.3 is 24.2 Å². The lowest BCUT2D eigenvalue weighted by Gasteiger charge is -2.53. The molecule has 9 heteroatoms. The van der Waals surface area contributed by atoms with Crippen LogP contribution in [0.15, 0.2) is 30.6 Å². The predicted octanol–water partition coefficient (Wildman–Crippen LogP) is 2.64. The van der Waals surface area contributed by atoms with E-state index >= 15 is 0 Å². The van der Waals surface area contributed by atoms with E-state index in [4.69, 9.17) is 29.2 Å². The number of rotatable bonds is 3. The van der Waals surface area contributed by atoms with E-state index in [0.29, 0.717) is 11.5 Å². The maximum absolute atomic E-state index is 9.89. The van der Waals surface area contributed by atoms with Crippen LogP contribution in [0.4, 0.5) is 5.82 Å². The molecular weight excluding hydrogens is 446 g/mol. The van der Waals surface area contributed by atoms with Crippen LogP contribution >= 0.6 is 0 Å². The minimum Gasteiger partial charge on any atom is -0.394 e. The van der Waals surface area contributed by atoms with Gasteiger partial charge in [0.15, 0.2) is 29.0 Å². The van der Waals surface area contributed by atoms with Crippen LogP contribution < -0.4 is 4.90 Å². The van der Waals surface area contributed by atoms with E-state index in [2.05, 4.69) is 29.2 Å². The van der Waals surface area contributed by atoms with Crippen LogP contribution in [0.2, 0.25) is 0 Å². The lowest BCUT2D eigenvalue weighted by molar-refractivity contribution is -0.199. The molecule has 3 fully saturated rings. The average molecular weight is 478 g/mol. The van der Waals surface area contributed by atoms with Gasteiger partial charge >= 0.3 is 0 Å². The molecule has 1 spiro atoms. The topological polar surface area (TPSA) is 94.8 Å². The lowest BCUT2D eigenvalue weighted by atomic mass is 9.65. The van der Waals surface area contributed by atoms with Crippen molar-refractivity contribution in [3.05, 3.63) is 47.5 Å². The number of fused-ring (bicyclic) bond motifs is 4. The third-order valence-electron chi connectivity index (χ3n) is 8.07. The van der Waals surface area contributed by atoms with Crippen molar-refractivity contribution in [1.82, 2.24) is 19.5 Å². The minimum atomic E-state index is -0.737. The Morgan fingerprint density at radius 1 is 1.11 bits per heavy atom. The molecular formula is C26H31N5O4. The number of aromatic nitrogens is 4. The number of ether oxygens (including phenoxy) is 3. The third kappa shape index (κ3) is 3.18. The fourth-order valence-corrected chi connectivity index (χ4v) is 6.61. The number of hydrogen-bond donors (Lipinski definition) is 1. The molecule has 2 aromatic heterocycles. The standard InChI is InChI=1S/C26H31N5O4/c1-15-28-22(30-12-26(13-30)10-6-8-16-7-4-5-9-17(16)26)19-23(29-15)31(14-27-19)24-21-20(18(11-32)33-24)34-25(2,3)35-21/h4-5,7,9,14,18,20-21,24,32H,6,8,10-13H2,1-3H3. The number of hydrogen-bond acceptors (Lipinski definition) is 8. The number of aryl methyl sites for hydroxylation is 2. The van der Waals surface area contributed by atoms with Crippen molar-refractivity contribution < 1.29 is 19.3 Å². The summed E-state index contributed by atoms with van der Waals surface area (Å²) in [6, 6.07) is 8.89. The van der Waals surface area contributed by atoms with Gasteiger partial charge in [0.25, 0.3) is 0 Å². The number of imidazole rings is 1. The quantitative estimate of drug-likeness (QED) is 0.615. The van der Waals surface area contributed by atoms with Crippen LogP contribution in [0, 0.1) is 6.92 Å². The van der Waals surface area contributed by atoms with Crippen molar-refractivity contribution >= 4 is 17.0 Å². The lowest BCUT2D eigenvalue weighted by Crippen LogP contribution is -2.61. The number of nitrogens with zero attached hydrogens (tertiary/aromatic N) is 5. The van der Waals surface area contributed by atoms with Gasteiger partial charge in [-0.1, -0.05) is 24.3 Å². The molecule has 4 unspecified atom stereocenters. The molecule has 184 valence electrons. The summed E-state index contributed by atoms with van der Waals surface area (Å²) in [4.78, 5) is 16.6. The maximum Gasteiger partial charge on any atom is 0.167 e. The van der Waals surface area contributed by atoms with E-state index < -0.39 is 18.1 Å². The van der Waals surface area contributed by atoms with Gasteiger partial charge in [-0.2, -0.15) is 0 Å². The van der Waals surface area contributed by atoms with Crippen molar-refractivity contribution in [2.75, 3.05) is 24.6 Å². The highest BCUT2D eigenvalue weighted by Gasteiger charge is 2.56. The molecule has 1 aliphatic carbocycles. The molecule has 1 N–H and O–H groups in total. The predicted molar refractivity (Wildman–Crippen MR) is 128 cm³/mol. The van der Waals surface area contributed by atoms with Gasteiger partial charge in [-0.05, 0) is 51.2 Å². The van der Waals surface area contributed by atoms with Gasteiger partial charge in [0.1, 0.15) is 24.1 Å². The Morgan fingerprint density at radius 3 is 2.74 bits per heavy atom. The van der Waals surface area contributed by atoms with E-state index in [-0.39, 0.29) is 24.2 Å². The largest absolute Gasteiger partial charge is 0.394 e. The van der Waals surface area contributed by atoms with Crippen molar-refractivity contribution in [1.29, 1.82) is 0 Å². The zero-order chi connectivity index (χ0) is 23.9. The molecule has 9 nitrogen and oxygen atoms in total. The first-order chi connectivity index (χ1) is 16.9. The molecule has 35 heavy (non-hydrogen) atoms. The Labute approximate surface area is 204 Å². The van der Waals surface area contributed by atoms with Crippen molar-refractivity contribution in [3.8, 4) is 0 Å². The molecule has 0 radical (unpaired) electrons. The summed E-state index contributed by atoms with van der Waals surface area (Å²) in [5.41, 5.74) is 4.66. The van der Waals surface area contributed by atoms with Gasteiger partial charge in [-0.3, -0.25) is 4.57 Å². The second-order valence-electron chi connectivity index (χ2n) is 10.9. The van der Waals surface area contributed by atoms with Gasteiger partial charge in [0.05, 0.1) is 12.9 Å². The SMILES string of the molecule is Cc1nc(N2CC3(CCCc4ccccc43)C2)c2ncn(C3OC(CO)C4OC(C)(C)OC43)c2n1. The molecule has 4 atom stereocenters. The molecule has 3 saturated heterocycles. The van der Waals surface area contributed by atoms with E-state index in [1.165, 1.54) is 30.4 Å². The Hall–Kier alpha value is -2.59. The third-order valence-corrected chi connectivity index (χ3v) is 8.07. The number of anilines is 1. The zero-order valence-electron chi connectivity index (χ0n) is 20.3. The number of aliphatic hydroxyl groups excluding tert-OH is 1. The van der Waals surface area contributed by atoms with Gasteiger partial charge in [-0.25, -0.2) is 15.0 Å². The maximum atomic E-state index is 9.89.